The zero-order chi connectivity index (χ0) is 8.85. The third kappa shape index (κ3) is 2.85. The van der Waals surface area contributed by atoms with Crippen molar-refractivity contribution in [1.29, 1.82) is 0 Å². The molecule has 0 spiro atoms. The van der Waals surface area contributed by atoms with Crippen LogP contribution in [-0.2, 0) is 4.79 Å². The van der Waals surface area contributed by atoms with Crippen LogP contribution in [0.5, 0.6) is 0 Å². The lowest BCUT2D eigenvalue weighted by atomic mass is 10.2. The molecular formula is C9H17NO. The third-order valence-electron chi connectivity index (χ3n) is 1.97. The van der Waals surface area contributed by atoms with Crippen molar-refractivity contribution in [1.82, 2.24) is 4.90 Å². The van der Waals surface area contributed by atoms with Gasteiger partial charge in [-0.25, -0.2) is 0 Å². The molecule has 0 aromatic rings. The normalized spacial score (nSPS) is 13.1. The van der Waals surface area contributed by atoms with E-state index >= 15 is 0 Å². The van der Waals surface area contributed by atoms with Crippen molar-refractivity contribution >= 4 is 5.78 Å². The number of ketones is 1. The summed E-state index contributed by atoms with van der Waals surface area (Å²) in [6.07, 6.45) is 1.39. The minimum absolute atomic E-state index is 0.0116. The Bertz CT molecular complexity index is 138. The number of likely N-dealkylation sites (N-methyl/N-ethyl adjacent to an activating group) is 1. The minimum atomic E-state index is -0.0116. The molecule has 64 valence electrons. The first-order valence-electron chi connectivity index (χ1n) is 4.07. The van der Waals surface area contributed by atoms with Crippen molar-refractivity contribution in [3.05, 3.63) is 12.7 Å². The quantitative estimate of drug-likeness (QED) is 0.560. The second-order valence-electron chi connectivity index (χ2n) is 2.50. The Labute approximate surface area is 68.9 Å². The predicted molar refractivity (Wildman–Crippen MR) is 47.6 cm³/mol. The average molecular weight is 155 g/mol. The molecule has 0 aliphatic carbocycles. The summed E-state index contributed by atoms with van der Waals surface area (Å²) in [4.78, 5) is 13.2. The van der Waals surface area contributed by atoms with Gasteiger partial charge in [0, 0.05) is 0 Å². The summed E-state index contributed by atoms with van der Waals surface area (Å²) < 4.78 is 0. The SMILES string of the molecule is C=CC(=O)C(C)N(CC)CC. The summed E-state index contributed by atoms with van der Waals surface area (Å²) in [5.41, 5.74) is 0. The molecule has 0 aliphatic rings. The van der Waals surface area contributed by atoms with Gasteiger partial charge in [-0.05, 0) is 26.1 Å². The van der Waals surface area contributed by atoms with Crippen molar-refractivity contribution in [2.45, 2.75) is 26.8 Å². The molecule has 0 heterocycles. The lowest BCUT2D eigenvalue weighted by Gasteiger charge is -2.23. The summed E-state index contributed by atoms with van der Waals surface area (Å²) in [6, 6.07) is -0.0116. The Morgan fingerprint density at radius 2 is 2.00 bits per heavy atom. The van der Waals surface area contributed by atoms with E-state index in [4.69, 9.17) is 0 Å². The highest BCUT2D eigenvalue weighted by molar-refractivity contribution is 5.93. The van der Waals surface area contributed by atoms with Crippen LogP contribution in [0, 0.1) is 0 Å². The van der Waals surface area contributed by atoms with Gasteiger partial charge in [0.25, 0.3) is 0 Å². The van der Waals surface area contributed by atoms with Crippen LogP contribution < -0.4 is 0 Å². The van der Waals surface area contributed by atoms with Crippen LogP contribution in [0.2, 0.25) is 0 Å². The standard InChI is InChI=1S/C9H17NO/c1-5-9(11)8(4)10(6-2)7-3/h5,8H,1,6-7H2,2-4H3. The highest BCUT2D eigenvalue weighted by atomic mass is 16.1. The van der Waals surface area contributed by atoms with Gasteiger partial charge in [0.15, 0.2) is 5.78 Å². The third-order valence-corrected chi connectivity index (χ3v) is 1.97. The van der Waals surface area contributed by atoms with Crippen LogP contribution in [0.15, 0.2) is 12.7 Å². The van der Waals surface area contributed by atoms with Crippen molar-refractivity contribution in [2.24, 2.45) is 0 Å². The molecule has 2 nitrogen and oxygen atoms in total. The minimum Gasteiger partial charge on any atom is -0.294 e. The maximum atomic E-state index is 11.1. The van der Waals surface area contributed by atoms with Gasteiger partial charge < -0.3 is 0 Å². The summed E-state index contributed by atoms with van der Waals surface area (Å²) in [5, 5.41) is 0. The number of rotatable bonds is 5. The number of hydrogen-bond donors (Lipinski definition) is 0. The number of hydrogen-bond acceptors (Lipinski definition) is 2. The maximum Gasteiger partial charge on any atom is 0.171 e. The van der Waals surface area contributed by atoms with E-state index < -0.39 is 0 Å². The van der Waals surface area contributed by atoms with E-state index in [-0.39, 0.29) is 11.8 Å². The molecule has 0 rings (SSSR count). The van der Waals surface area contributed by atoms with E-state index in [0.717, 1.165) is 13.1 Å². The molecule has 0 bridgehead atoms. The van der Waals surface area contributed by atoms with Crippen molar-refractivity contribution < 1.29 is 4.79 Å². The molecular weight excluding hydrogens is 138 g/mol. The van der Waals surface area contributed by atoms with Crippen LogP contribution in [0.25, 0.3) is 0 Å². The second-order valence-corrected chi connectivity index (χ2v) is 2.50. The van der Waals surface area contributed by atoms with E-state index in [1.807, 2.05) is 6.92 Å². The fourth-order valence-corrected chi connectivity index (χ4v) is 1.12. The molecule has 2 heteroatoms. The largest absolute Gasteiger partial charge is 0.294 e. The summed E-state index contributed by atoms with van der Waals surface area (Å²) in [7, 11) is 0. The van der Waals surface area contributed by atoms with Gasteiger partial charge in [0.2, 0.25) is 0 Å². The Balaban J connectivity index is 4.07. The van der Waals surface area contributed by atoms with Gasteiger partial charge in [-0.3, -0.25) is 9.69 Å². The van der Waals surface area contributed by atoms with Gasteiger partial charge >= 0.3 is 0 Å². The summed E-state index contributed by atoms with van der Waals surface area (Å²) >= 11 is 0. The fraction of sp³-hybridized carbons (Fsp3) is 0.667. The molecule has 0 amide bonds. The van der Waals surface area contributed by atoms with Gasteiger partial charge in [-0.2, -0.15) is 0 Å². The first-order chi connectivity index (χ1) is 5.17. The van der Waals surface area contributed by atoms with Crippen molar-refractivity contribution in [2.75, 3.05) is 13.1 Å². The van der Waals surface area contributed by atoms with Gasteiger partial charge in [-0.1, -0.05) is 20.4 Å². The molecule has 11 heavy (non-hydrogen) atoms. The highest BCUT2D eigenvalue weighted by Gasteiger charge is 2.14. The smallest absolute Gasteiger partial charge is 0.171 e. The molecule has 1 atom stereocenters. The molecule has 1 unspecified atom stereocenters. The van der Waals surface area contributed by atoms with E-state index in [1.165, 1.54) is 6.08 Å². The van der Waals surface area contributed by atoms with E-state index in [9.17, 15) is 4.79 Å². The molecule has 0 aliphatic heterocycles. The van der Waals surface area contributed by atoms with Crippen LogP contribution in [0.1, 0.15) is 20.8 Å². The second kappa shape index (κ2) is 5.08. The average Bonchev–Trinajstić information content (AvgIpc) is 2.05. The molecule has 0 aromatic heterocycles. The van der Waals surface area contributed by atoms with E-state index in [1.54, 1.807) is 0 Å². The van der Waals surface area contributed by atoms with E-state index in [0.29, 0.717) is 0 Å². The van der Waals surface area contributed by atoms with Crippen LogP contribution in [0.4, 0.5) is 0 Å². The molecule has 0 aromatic carbocycles. The van der Waals surface area contributed by atoms with Crippen LogP contribution >= 0.6 is 0 Å². The number of carbonyl (C=O) groups excluding carboxylic acids is 1. The van der Waals surface area contributed by atoms with Crippen molar-refractivity contribution in [3.8, 4) is 0 Å². The topological polar surface area (TPSA) is 20.3 Å². The Kier molecular flexibility index (Phi) is 4.79. The lowest BCUT2D eigenvalue weighted by Crippen LogP contribution is -2.37. The molecule has 0 saturated heterocycles. The van der Waals surface area contributed by atoms with Gasteiger partial charge in [0.05, 0.1) is 6.04 Å². The van der Waals surface area contributed by atoms with E-state index in [2.05, 4.69) is 25.3 Å². The predicted octanol–water partition coefficient (Wildman–Crippen LogP) is 1.47. The van der Waals surface area contributed by atoms with Gasteiger partial charge in [-0.15, -0.1) is 0 Å². The zero-order valence-corrected chi connectivity index (χ0v) is 7.63. The van der Waals surface area contributed by atoms with Crippen LogP contribution in [0.3, 0.4) is 0 Å². The maximum absolute atomic E-state index is 11.1. The first-order valence-corrected chi connectivity index (χ1v) is 4.07. The monoisotopic (exact) mass is 155 g/mol. The fourth-order valence-electron chi connectivity index (χ4n) is 1.12. The summed E-state index contributed by atoms with van der Waals surface area (Å²) in [5.74, 6) is 0.105. The zero-order valence-electron chi connectivity index (χ0n) is 7.63. The molecule has 0 saturated carbocycles. The Morgan fingerprint density at radius 1 is 1.55 bits per heavy atom. The molecule has 0 N–H and O–H groups in total. The number of nitrogens with zero attached hydrogens (tertiary/aromatic N) is 1. The van der Waals surface area contributed by atoms with Crippen molar-refractivity contribution in [3.63, 3.8) is 0 Å². The van der Waals surface area contributed by atoms with Crippen LogP contribution in [-0.4, -0.2) is 29.8 Å². The Hall–Kier alpha value is -0.630. The highest BCUT2D eigenvalue weighted by Crippen LogP contribution is 1.99. The first kappa shape index (κ1) is 10.4. The van der Waals surface area contributed by atoms with Gasteiger partial charge in [0.1, 0.15) is 0 Å². The summed E-state index contributed by atoms with van der Waals surface area (Å²) in [6.45, 7) is 11.3. The lowest BCUT2D eigenvalue weighted by molar-refractivity contribution is -0.118. The number of carbonyl (C=O) groups is 1. The Morgan fingerprint density at radius 3 is 2.27 bits per heavy atom. The molecule has 0 radical (unpaired) electrons. The molecule has 0 fully saturated rings.